The van der Waals surface area contributed by atoms with E-state index in [2.05, 4.69) is 58.1 Å². The first kappa shape index (κ1) is 15.6. The predicted molar refractivity (Wildman–Crippen MR) is 88.3 cm³/mol. The number of hydrogen-bond acceptors (Lipinski definition) is 1. The molecule has 1 aliphatic rings. The van der Waals surface area contributed by atoms with Gasteiger partial charge in [-0.05, 0) is 60.3 Å². The van der Waals surface area contributed by atoms with Crippen LogP contribution in [0, 0.1) is 11.3 Å². The largest absolute Gasteiger partial charge is 0.314 e. The van der Waals surface area contributed by atoms with Crippen molar-refractivity contribution in [3.05, 3.63) is 34.9 Å². The Bertz CT molecular complexity index is 440. The van der Waals surface area contributed by atoms with Crippen LogP contribution in [0.3, 0.4) is 0 Å². The van der Waals surface area contributed by atoms with Gasteiger partial charge < -0.3 is 5.32 Å². The molecule has 0 heterocycles. The molecule has 1 nitrogen and oxygen atoms in total. The summed E-state index contributed by atoms with van der Waals surface area (Å²) in [6.45, 7) is 12.7. The third-order valence-electron chi connectivity index (χ3n) is 4.64. The highest BCUT2D eigenvalue weighted by molar-refractivity contribution is 5.35. The summed E-state index contributed by atoms with van der Waals surface area (Å²) in [5.41, 5.74) is 5.06. The second-order valence-corrected chi connectivity index (χ2v) is 7.79. The van der Waals surface area contributed by atoms with Crippen LogP contribution in [-0.4, -0.2) is 12.6 Å². The molecule has 1 aromatic rings. The molecule has 0 saturated carbocycles. The topological polar surface area (TPSA) is 12.0 Å². The van der Waals surface area contributed by atoms with E-state index in [0.717, 1.165) is 6.54 Å². The number of rotatable bonds is 5. The van der Waals surface area contributed by atoms with Crippen molar-refractivity contribution in [3.63, 3.8) is 0 Å². The van der Waals surface area contributed by atoms with Crippen molar-refractivity contribution < 1.29 is 0 Å². The van der Waals surface area contributed by atoms with Crippen LogP contribution >= 0.6 is 0 Å². The van der Waals surface area contributed by atoms with Crippen molar-refractivity contribution in [3.8, 4) is 0 Å². The van der Waals surface area contributed by atoms with Crippen LogP contribution in [0.4, 0.5) is 0 Å². The fraction of sp³-hybridized carbons (Fsp3) is 0.684. The monoisotopic (exact) mass is 273 g/mol. The molecule has 0 saturated heterocycles. The lowest BCUT2D eigenvalue weighted by Crippen LogP contribution is -2.36. The van der Waals surface area contributed by atoms with Crippen molar-refractivity contribution in [2.24, 2.45) is 11.3 Å². The van der Waals surface area contributed by atoms with Gasteiger partial charge >= 0.3 is 0 Å². The number of hydrogen-bond donors (Lipinski definition) is 1. The average molecular weight is 273 g/mol. The molecule has 1 unspecified atom stereocenters. The highest BCUT2D eigenvalue weighted by Gasteiger charge is 2.25. The van der Waals surface area contributed by atoms with E-state index in [1.165, 1.54) is 31.2 Å². The summed E-state index contributed by atoms with van der Waals surface area (Å²) in [7, 11) is 0. The van der Waals surface area contributed by atoms with Gasteiger partial charge in [0.2, 0.25) is 0 Å². The van der Waals surface area contributed by atoms with E-state index in [4.69, 9.17) is 0 Å². The number of benzene rings is 1. The maximum atomic E-state index is 3.62. The van der Waals surface area contributed by atoms with Gasteiger partial charge in [-0.2, -0.15) is 0 Å². The van der Waals surface area contributed by atoms with Crippen LogP contribution in [0.15, 0.2) is 18.2 Å². The van der Waals surface area contributed by atoms with E-state index in [1.54, 1.807) is 11.1 Å². The van der Waals surface area contributed by atoms with Crippen molar-refractivity contribution in [1.29, 1.82) is 0 Å². The number of aryl methyl sites for hydroxylation is 2. The van der Waals surface area contributed by atoms with Gasteiger partial charge in [0.15, 0.2) is 0 Å². The summed E-state index contributed by atoms with van der Waals surface area (Å²) in [6, 6.07) is 7.77. The lowest BCUT2D eigenvalue weighted by molar-refractivity contribution is 0.226. The van der Waals surface area contributed by atoms with Crippen LogP contribution in [-0.2, 0) is 19.3 Å². The molecule has 0 amide bonds. The zero-order valence-electron chi connectivity index (χ0n) is 13.9. The molecule has 0 aromatic heterocycles. The van der Waals surface area contributed by atoms with Crippen LogP contribution in [0.25, 0.3) is 0 Å². The summed E-state index contributed by atoms with van der Waals surface area (Å²) in [4.78, 5) is 0. The van der Waals surface area contributed by atoms with Crippen molar-refractivity contribution in [2.75, 3.05) is 6.54 Å². The highest BCUT2D eigenvalue weighted by atomic mass is 14.9. The Morgan fingerprint density at radius 2 is 1.80 bits per heavy atom. The first-order chi connectivity index (χ1) is 9.36. The van der Waals surface area contributed by atoms with Crippen LogP contribution in [0.5, 0.6) is 0 Å². The maximum absolute atomic E-state index is 3.62. The maximum Gasteiger partial charge on any atom is 0.00104 e. The van der Waals surface area contributed by atoms with Crippen LogP contribution in [0.2, 0.25) is 0 Å². The van der Waals surface area contributed by atoms with Crippen LogP contribution in [0.1, 0.15) is 57.7 Å². The number of nitrogens with one attached hydrogen (secondary N) is 1. The molecule has 112 valence electrons. The Hall–Kier alpha value is -0.820. The van der Waals surface area contributed by atoms with Gasteiger partial charge in [0.1, 0.15) is 0 Å². The minimum Gasteiger partial charge on any atom is -0.314 e. The van der Waals surface area contributed by atoms with Gasteiger partial charge in [-0.1, -0.05) is 52.8 Å². The summed E-state index contributed by atoms with van der Waals surface area (Å²) in [5.74, 6) is 0.685. The molecular weight excluding hydrogens is 242 g/mol. The van der Waals surface area contributed by atoms with Crippen molar-refractivity contribution >= 4 is 0 Å². The average Bonchev–Trinajstić information content (AvgIpc) is 2.79. The Morgan fingerprint density at radius 3 is 2.45 bits per heavy atom. The minimum absolute atomic E-state index is 0.348. The molecule has 0 bridgehead atoms. The first-order valence-electron chi connectivity index (χ1n) is 8.20. The summed E-state index contributed by atoms with van der Waals surface area (Å²) < 4.78 is 0. The van der Waals surface area contributed by atoms with Crippen molar-refractivity contribution in [2.45, 2.75) is 66.3 Å². The SMILES string of the molecule is CC(C)NCC(Cc1ccc2c(c1)CCC2)C(C)(C)C. The Kier molecular flexibility index (Phi) is 4.90. The zero-order valence-corrected chi connectivity index (χ0v) is 13.9. The van der Waals surface area contributed by atoms with E-state index in [1.807, 2.05) is 0 Å². The zero-order chi connectivity index (χ0) is 14.8. The summed E-state index contributed by atoms with van der Waals surface area (Å²) in [5, 5.41) is 3.62. The second-order valence-electron chi connectivity index (χ2n) is 7.79. The molecule has 0 aliphatic heterocycles. The van der Waals surface area contributed by atoms with E-state index < -0.39 is 0 Å². The smallest absolute Gasteiger partial charge is 0.00104 e. The van der Waals surface area contributed by atoms with Gasteiger partial charge in [-0.25, -0.2) is 0 Å². The highest BCUT2D eigenvalue weighted by Crippen LogP contribution is 2.30. The second kappa shape index (κ2) is 6.30. The third-order valence-corrected chi connectivity index (χ3v) is 4.64. The molecule has 1 heteroatoms. The van der Waals surface area contributed by atoms with Gasteiger partial charge in [-0.3, -0.25) is 0 Å². The molecule has 2 rings (SSSR count). The number of fused-ring (bicyclic) bond motifs is 1. The summed E-state index contributed by atoms with van der Waals surface area (Å²) >= 11 is 0. The fourth-order valence-electron chi connectivity index (χ4n) is 3.10. The lowest BCUT2D eigenvalue weighted by Gasteiger charge is -2.32. The molecule has 1 N–H and O–H groups in total. The first-order valence-corrected chi connectivity index (χ1v) is 8.20. The molecule has 1 atom stereocenters. The Balaban J connectivity index is 2.07. The van der Waals surface area contributed by atoms with E-state index in [0.29, 0.717) is 17.4 Å². The third kappa shape index (κ3) is 4.09. The van der Waals surface area contributed by atoms with Gasteiger partial charge in [-0.15, -0.1) is 0 Å². The Labute approximate surface area is 125 Å². The normalized spacial score (nSPS) is 16.5. The summed E-state index contributed by atoms with van der Waals surface area (Å²) in [6.07, 6.45) is 5.10. The molecule has 1 aromatic carbocycles. The fourth-order valence-corrected chi connectivity index (χ4v) is 3.10. The molecule has 1 aliphatic carbocycles. The standard InChI is InChI=1S/C19H31N/c1-14(2)20-13-18(19(3,4)5)12-15-9-10-16-7-6-8-17(16)11-15/h9-11,14,18,20H,6-8,12-13H2,1-5H3. The van der Waals surface area contributed by atoms with E-state index in [-0.39, 0.29) is 0 Å². The van der Waals surface area contributed by atoms with Gasteiger partial charge in [0.25, 0.3) is 0 Å². The van der Waals surface area contributed by atoms with E-state index >= 15 is 0 Å². The molecule has 0 spiro atoms. The van der Waals surface area contributed by atoms with Gasteiger partial charge in [0.05, 0.1) is 0 Å². The molecule has 0 fully saturated rings. The quantitative estimate of drug-likeness (QED) is 0.839. The minimum atomic E-state index is 0.348. The molecule has 0 radical (unpaired) electrons. The van der Waals surface area contributed by atoms with Crippen LogP contribution < -0.4 is 5.32 Å². The van der Waals surface area contributed by atoms with E-state index in [9.17, 15) is 0 Å². The van der Waals surface area contributed by atoms with Gasteiger partial charge in [0, 0.05) is 6.04 Å². The lowest BCUT2D eigenvalue weighted by atomic mass is 9.77. The molecular formula is C19H31N. The van der Waals surface area contributed by atoms with Crippen molar-refractivity contribution in [1.82, 2.24) is 5.32 Å². The molecule has 20 heavy (non-hydrogen) atoms. The predicted octanol–water partition coefficient (Wildman–Crippen LogP) is 4.38. The Morgan fingerprint density at radius 1 is 1.10 bits per heavy atom.